The van der Waals surface area contributed by atoms with Gasteiger partial charge in [-0.05, 0) is 51.0 Å². The van der Waals surface area contributed by atoms with Crippen LogP contribution in [-0.2, 0) is 16.0 Å². The number of hydrogen-bond donors (Lipinski definition) is 2. The van der Waals surface area contributed by atoms with Crippen LogP contribution in [0.5, 0.6) is 0 Å². The minimum atomic E-state index is -0.0201. The predicted molar refractivity (Wildman–Crippen MR) is 97.9 cm³/mol. The largest absolute Gasteiger partial charge is 0.377 e. The summed E-state index contributed by atoms with van der Waals surface area (Å²) in [5.74, 6) is 0.198. The summed E-state index contributed by atoms with van der Waals surface area (Å²) in [6.07, 6.45) is 5.60. The molecular weight excluding hydrogens is 300 g/mol. The zero-order valence-corrected chi connectivity index (χ0v) is 15.1. The van der Waals surface area contributed by atoms with E-state index in [2.05, 4.69) is 43.4 Å². The zero-order chi connectivity index (χ0) is 17.4. The molecule has 3 atom stereocenters. The summed E-state index contributed by atoms with van der Waals surface area (Å²) in [6, 6.07) is 8.52. The Hall–Kier alpha value is -1.39. The molecule has 1 aliphatic rings. The molecule has 0 bridgehead atoms. The molecule has 4 heteroatoms. The Labute approximate surface area is 146 Å². The van der Waals surface area contributed by atoms with Crippen molar-refractivity contribution in [2.75, 3.05) is 13.2 Å². The van der Waals surface area contributed by atoms with Crippen molar-refractivity contribution in [3.63, 3.8) is 0 Å². The van der Waals surface area contributed by atoms with Crippen molar-refractivity contribution in [3.05, 3.63) is 35.4 Å². The summed E-state index contributed by atoms with van der Waals surface area (Å²) in [5, 5.41) is 3.08. The van der Waals surface area contributed by atoms with E-state index in [0.29, 0.717) is 0 Å². The molecule has 0 radical (unpaired) electrons. The third kappa shape index (κ3) is 5.91. The second-order valence-corrected chi connectivity index (χ2v) is 6.97. The van der Waals surface area contributed by atoms with Crippen molar-refractivity contribution < 1.29 is 9.53 Å². The van der Waals surface area contributed by atoms with Crippen molar-refractivity contribution in [3.8, 4) is 0 Å². The lowest BCUT2D eigenvalue weighted by atomic mass is 9.83. The molecular formula is C20H32N2O2. The van der Waals surface area contributed by atoms with E-state index in [1.54, 1.807) is 0 Å². The van der Waals surface area contributed by atoms with Gasteiger partial charge in [0, 0.05) is 25.1 Å². The molecule has 0 aromatic heterocycles. The van der Waals surface area contributed by atoms with E-state index in [1.165, 1.54) is 11.1 Å². The number of carbonyl (C=O) groups excluding carboxylic acids is 1. The third-order valence-electron chi connectivity index (χ3n) is 4.76. The first-order valence-electron chi connectivity index (χ1n) is 9.30. The topological polar surface area (TPSA) is 64.3 Å². The van der Waals surface area contributed by atoms with Crippen LogP contribution < -0.4 is 11.1 Å². The lowest BCUT2D eigenvalue weighted by Gasteiger charge is -2.33. The quantitative estimate of drug-likeness (QED) is 0.719. The van der Waals surface area contributed by atoms with E-state index in [0.717, 1.165) is 51.7 Å². The lowest BCUT2D eigenvalue weighted by Crippen LogP contribution is -2.46. The highest BCUT2D eigenvalue weighted by Gasteiger charge is 2.32. The van der Waals surface area contributed by atoms with Gasteiger partial charge in [0.15, 0.2) is 0 Å². The molecule has 1 aromatic carbocycles. The fraction of sp³-hybridized carbons (Fsp3) is 0.650. The van der Waals surface area contributed by atoms with Crippen LogP contribution in [-0.4, -0.2) is 31.2 Å². The molecule has 3 N–H and O–H groups in total. The van der Waals surface area contributed by atoms with Crippen LogP contribution in [0.2, 0.25) is 0 Å². The number of nitrogens with two attached hydrogens (primary N) is 1. The Morgan fingerprint density at radius 3 is 2.92 bits per heavy atom. The number of carbonyl (C=O) groups is 1. The predicted octanol–water partition coefficient (Wildman–Crippen LogP) is 2.97. The Kier molecular flexibility index (Phi) is 7.73. The second-order valence-electron chi connectivity index (χ2n) is 6.97. The SMILES string of the molecule is CCCO[C@@H]1CC[C@H](C(=O)NCCCc2cccc(C)c2)C[C@H]1N. The number of benzene rings is 1. The monoisotopic (exact) mass is 332 g/mol. The Balaban J connectivity index is 1.66. The smallest absolute Gasteiger partial charge is 0.223 e. The van der Waals surface area contributed by atoms with Crippen molar-refractivity contribution in [1.82, 2.24) is 5.32 Å². The molecule has 0 spiro atoms. The van der Waals surface area contributed by atoms with Gasteiger partial charge in [0.1, 0.15) is 0 Å². The standard InChI is InChI=1S/C20H32N2O2/c1-3-12-24-19-10-9-17(14-18(19)21)20(23)22-11-5-8-16-7-4-6-15(2)13-16/h4,6-7,13,17-19H,3,5,8-12,14,21H2,1-2H3,(H,22,23)/t17-,18+,19+/m0/s1. The highest BCUT2D eigenvalue weighted by atomic mass is 16.5. The van der Waals surface area contributed by atoms with Gasteiger partial charge >= 0.3 is 0 Å². The van der Waals surface area contributed by atoms with Gasteiger partial charge in [0.05, 0.1) is 6.10 Å². The van der Waals surface area contributed by atoms with Crippen LogP contribution >= 0.6 is 0 Å². The van der Waals surface area contributed by atoms with Gasteiger partial charge in [-0.2, -0.15) is 0 Å². The first-order valence-corrected chi connectivity index (χ1v) is 9.30. The van der Waals surface area contributed by atoms with Gasteiger partial charge < -0.3 is 15.8 Å². The maximum Gasteiger partial charge on any atom is 0.223 e. The number of aryl methyl sites for hydroxylation is 2. The molecule has 1 aromatic rings. The molecule has 0 unspecified atom stereocenters. The maximum absolute atomic E-state index is 12.3. The molecule has 1 aliphatic carbocycles. The van der Waals surface area contributed by atoms with Crippen LogP contribution in [0.25, 0.3) is 0 Å². The summed E-state index contributed by atoms with van der Waals surface area (Å²) in [6.45, 7) is 5.69. The number of nitrogens with one attached hydrogen (secondary N) is 1. The van der Waals surface area contributed by atoms with Gasteiger partial charge in [-0.1, -0.05) is 36.8 Å². The van der Waals surface area contributed by atoms with Crippen molar-refractivity contribution in [1.29, 1.82) is 0 Å². The molecule has 24 heavy (non-hydrogen) atoms. The number of rotatable bonds is 8. The molecule has 0 heterocycles. The number of amides is 1. The fourth-order valence-electron chi connectivity index (χ4n) is 3.41. The summed E-state index contributed by atoms with van der Waals surface area (Å²) >= 11 is 0. The van der Waals surface area contributed by atoms with Crippen LogP contribution in [0.15, 0.2) is 24.3 Å². The average molecular weight is 332 g/mol. The maximum atomic E-state index is 12.3. The van der Waals surface area contributed by atoms with Gasteiger partial charge in [-0.3, -0.25) is 4.79 Å². The summed E-state index contributed by atoms with van der Waals surface area (Å²) < 4.78 is 5.77. The minimum Gasteiger partial charge on any atom is -0.377 e. The van der Waals surface area contributed by atoms with E-state index >= 15 is 0 Å². The molecule has 0 aliphatic heterocycles. The van der Waals surface area contributed by atoms with Gasteiger partial charge in [-0.25, -0.2) is 0 Å². The van der Waals surface area contributed by atoms with Crippen LogP contribution in [0.4, 0.5) is 0 Å². The molecule has 4 nitrogen and oxygen atoms in total. The highest BCUT2D eigenvalue weighted by molar-refractivity contribution is 5.78. The molecule has 1 fully saturated rings. The number of ether oxygens (including phenoxy) is 1. The second kappa shape index (κ2) is 9.80. The average Bonchev–Trinajstić information content (AvgIpc) is 2.57. The molecule has 2 rings (SSSR count). The Bertz CT molecular complexity index is 518. The summed E-state index contributed by atoms with van der Waals surface area (Å²) in [5.41, 5.74) is 8.81. The minimum absolute atomic E-state index is 0.0201. The molecule has 134 valence electrons. The summed E-state index contributed by atoms with van der Waals surface area (Å²) in [4.78, 5) is 12.3. The molecule has 1 amide bonds. The fourth-order valence-corrected chi connectivity index (χ4v) is 3.41. The Morgan fingerprint density at radius 1 is 1.38 bits per heavy atom. The van der Waals surface area contributed by atoms with E-state index in [-0.39, 0.29) is 24.0 Å². The zero-order valence-electron chi connectivity index (χ0n) is 15.1. The number of hydrogen-bond acceptors (Lipinski definition) is 3. The van der Waals surface area contributed by atoms with Crippen molar-refractivity contribution in [2.24, 2.45) is 11.7 Å². The van der Waals surface area contributed by atoms with Crippen molar-refractivity contribution in [2.45, 2.75) is 64.5 Å². The van der Waals surface area contributed by atoms with E-state index in [9.17, 15) is 4.79 Å². The summed E-state index contributed by atoms with van der Waals surface area (Å²) in [7, 11) is 0. The third-order valence-corrected chi connectivity index (χ3v) is 4.76. The molecule has 0 saturated heterocycles. The highest BCUT2D eigenvalue weighted by Crippen LogP contribution is 2.26. The van der Waals surface area contributed by atoms with Crippen LogP contribution in [0.1, 0.15) is 50.2 Å². The first kappa shape index (κ1) is 18.9. The first-order chi connectivity index (χ1) is 11.6. The van der Waals surface area contributed by atoms with E-state index in [1.807, 2.05) is 0 Å². The normalized spacial score (nSPS) is 23.9. The molecule has 1 saturated carbocycles. The van der Waals surface area contributed by atoms with E-state index in [4.69, 9.17) is 10.5 Å². The van der Waals surface area contributed by atoms with E-state index < -0.39 is 0 Å². The van der Waals surface area contributed by atoms with Gasteiger partial charge in [-0.15, -0.1) is 0 Å². The van der Waals surface area contributed by atoms with Gasteiger partial charge in [0.2, 0.25) is 5.91 Å². The van der Waals surface area contributed by atoms with Crippen molar-refractivity contribution >= 4 is 5.91 Å². The lowest BCUT2D eigenvalue weighted by molar-refractivity contribution is -0.127. The van der Waals surface area contributed by atoms with Crippen LogP contribution in [0, 0.1) is 12.8 Å². The van der Waals surface area contributed by atoms with Crippen LogP contribution in [0.3, 0.4) is 0 Å². The van der Waals surface area contributed by atoms with Gasteiger partial charge in [0.25, 0.3) is 0 Å². The Morgan fingerprint density at radius 2 is 2.21 bits per heavy atom.